The molecule has 0 amide bonds. The van der Waals surface area contributed by atoms with Crippen molar-refractivity contribution < 1.29 is 0 Å². The van der Waals surface area contributed by atoms with E-state index in [1.807, 2.05) is 0 Å². The molecular formula is C29H42Si4. The lowest BCUT2D eigenvalue weighted by molar-refractivity contribution is 1.66. The monoisotopic (exact) mass is 502 g/mol. The van der Waals surface area contributed by atoms with E-state index in [1.54, 1.807) is 0 Å². The second-order valence-corrected chi connectivity index (χ2v) is 31.5. The Labute approximate surface area is 206 Å². The molecule has 0 aliphatic rings. The van der Waals surface area contributed by atoms with Crippen LogP contribution in [0.2, 0.25) is 58.9 Å². The highest BCUT2D eigenvalue weighted by atomic mass is 28.3. The van der Waals surface area contributed by atoms with Crippen molar-refractivity contribution in [2.75, 3.05) is 0 Å². The van der Waals surface area contributed by atoms with Gasteiger partial charge in [-0.05, 0) is 15.6 Å². The van der Waals surface area contributed by atoms with Gasteiger partial charge in [0.05, 0.1) is 24.2 Å². The summed E-state index contributed by atoms with van der Waals surface area (Å²) in [4.78, 5) is 0. The van der Waals surface area contributed by atoms with Gasteiger partial charge >= 0.3 is 0 Å². The van der Waals surface area contributed by atoms with Gasteiger partial charge in [0.15, 0.2) is 8.07 Å². The van der Waals surface area contributed by atoms with E-state index in [9.17, 15) is 0 Å². The van der Waals surface area contributed by atoms with Crippen molar-refractivity contribution >= 4 is 63.4 Å². The lowest BCUT2D eigenvalue weighted by atomic mass is 10.3. The standard InChI is InChI=1S/C29H42Si4/c1-11-33(27-18-12-24(13-19-27)30(2,3)4,28-20-14-25(15-21-28)31(5,6)7)29-22-16-26(17-23-29)32(8,9)10/h11-23H,1H2,2-10H3. The molecule has 0 saturated heterocycles. The molecule has 0 nitrogen and oxygen atoms in total. The van der Waals surface area contributed by atoms with Crippen molar-refractivity contribution in [1.29, 1.82) is 0 Å². The fourth-order valence-electron chi connectivity index (χ4n) is 4.55. The predicted molar refractivity (Wildman–Crippen MR) is 163 cm³/mol. The summed E-state index contributed by atoms with van der Waals surface area (Å²) in [6, 6.07) is 28.8. The van der Waals surface area contributed by atoms with E-state index in [0.717, 1.165) is 0 Å². The average Bonchev–Trinajstić information content (AvgIpc) is 2.74. The molecule has 0 saturated carbocycles. The molecule has 0 N–H and O–H groups in total. The summed E-state index contributed by atoms with van der Waals surface area (Å²) in [5, 5.41) is 8.84. The lowest BCUT2D eigenvalue weighted by Crippen LogP contribution is -2.66. The van der Waals surface area contributed by atoms with Crippen molar-refractivity contribution in [2.45, 2.75) is 58.9 Å². The predicted octanol–water partition coefficient (Wildman–Crippen LogP) is 4.52. The van der Waals surface area contributed by atoms with Gasteiger partial charge in [-0.15, -0.1) is 6.58 Å². The Hall–Kier alpha value is -1.73. The third-order valence-corrected chi connectivity index (χ3v) is 17.5. The first-order valence-electron chi connectivity index (χ1n) is 12.2. The number of hydrogen-bond acceptors (Lipinski definition) is 0. The van der Waals surface area contributed by atoms with Gasteiger partial charge in [0, 0.05) is 0 Å². The van der Waals surface area contributed by atoms with E-state index in [1.165, 1.54) is 31.1 Å². The van der Waals surface area contributed by atoms with Crippen molar-refractivity contribution in [2.24, 2.45) is 0 Å². The van der Waals surface area contributed by atoms with Gasteiger partial charge in [-0.25, -0.2) is 0 Å². The first-order chi connectivity index (χ1) is 15.2. The molecule has 0 atom stereocenters. The molecule has 0 bridgehead atoms. The van der Waals surface area contributed by atoms with Gasteiger partial charge in [-0.1, -0.05) is 153 Å². The molecule has 0 unspecified atom stereocenters. The molecule has 3 aromatic carbocycles. The molecule has 33 heavy (non-hydrogen) atoms. The van der Waals surface area contributed by atoms with Crippen molar-refractivity contribution in [3.63, 3.8) is 0 Å². The number of rotatable bonds is 7. The largest absolute Gasteiger partial charge is 0.171 e. The summed E-state index contributed by atoms with van der Waals surface area (Å²) < 4.78 is 0. The molecule has 0 fully saturated rings. The van der Waals surface area contributed by atoms with Gasteiger partial charge in [0.1, 0.15) is 0 Å². The van der Waals surface area contributed by atoms with Gasteiger partial charge in [0.2, 0.25) is 0 Å². The minimum atomic E-state index is -2.33. The summed E-state index contributed by atoms with van der Waals surface area (Å²) >= 11 is 0. The van der Waals surface area contributed by atoms with Crippen molar-refractivity contribution in [3.05, 3.63) is 85.1 Å². The average molecular weight is 503 g/mol. The van der Waals surface area contributed by atoms with Crippen LogP contribution < -0.4 is 31.1 Å². The minimum absolute atomic E-state index is 1.34. The quantitative estimate of drug-likeness (QED) is 0.329. The second kappa shape index (κ2) is 9.14. The molecule has 0 radical (unpaired) electrons. The zero-order valence-corrected chi connectivity index (χ0v) is 26.2. The van der Waals surface area contributed by atoms with Crippen LogP contribution in [0.15, 0.2) is 85.1 Å². The highest BCUT2D eigenvalue weighted by Crippen LogP contribution is 2.11. The first-order valence-corrected chi connectivity index (χ1v) is 24.7. The zero-order chi connectivity index (χ0) is 24.7. The minimum Gasteiger partial charge on any atom is -0.106 e. The smallest absolute Gasteiger partial charge is 0.106 e. The normalized spacial score (nSPS) is 13.1. The molecule has 4 heteroatoms. The fraction of sp³-hybridized carbons (Fsp3) is 0.310. The zero-order valence-electron chi connectivity index (χ0n) is 22.2. The summed E-state index contributed by atoms with van der Waals surface area (Å²) in [5.41, 5.74) is 2.30. The van der Waals surface area contributed by atoms with Crippen LogP contribution >= 0.6 is 0 Å². The lowest BCUT2D eigenvalue weighted by Gasteiger charge is -2.32. The van der Waals surface area contributed by atoms with Crippen LogP contribution in [-0.2, 0) is 0 Å². The molecule has 0 spiro atoms. The van der Waals surface area contributed by atoms with Gasteiger partial charge in [-0.3, -0.25) is 0 Å². The highest BCUT2D eigenvalue weighted by Gasteiger charge is 2.37. The third-order valence-electron chi connectivity index (χ3n) is 6.92. The topological polar surface area (TPSA) is 0 Å². The molecule has 0 aliphatic heterocycles. The maximum atomic E-state index is 4.46. The first kappa shape index (κ1) is 25.9. The van der Waals surface area contributed by atoms with E-state index in [2.05, 4.69) is 144 Å². The maximum absolute atomic E-state index is 4.46. The Kier molecular flexibility index (Phi) is 7.17. The van der Waals surface area contributed by atoms with E-state index in [4.69, 9.17) is 0 Å². The van der Waals surface area contributed by atoms with Crippen LogP contribution in [0.1, 0.15) is 0 Å². The van der Waals surface area contributed by atoms with Crippen LogP contribution in [0.5, 0.6) is 0 Å². The summed E-state index contributed by atoms with van der Waals surface area (Å²) in [7, 11) is -6.36. The van der Waals surface area contributed by atoms with E-state index in [-0.39, 0.29) is 0 Å². The molecule has 3 rings (SSSR count). The SMILES string of the molecule is C=C[Si](c1ccc([Si](C)(C)C)cc1)(c1ccc([Si](C)(C)C)cc1)c1ccc([Si](C)(C)C)cc1. The molecule has 174 valence electrons. The van der Waals surface area contributed by atoms with Crippen molar-refractivity contribution in [1.82, 2.24) is 0 Å². The van der Waals surface area contributed by atoms with Gasteiger partial charge in [-0.2, -0.15) is 0 Å². The summed E-state index contributed by atoms with van der Waals surface area (Å²) in [6.45, 7) is 26.3. The Balaban J connectivity index is 2.24. The van der Waals surface area contributed by atoms with E-state index in [0.29, 0.717) is 0 Å². The van der Waals surface area contributed by atoms with Gasteiger partial charge < -0.3 is 0 Å². The summed E-state index contributed by atoms with van der Waals surface area (Å²) in [6.07, 6.45) is 0. The maximum Gasteiger partial charge on any atom is 0.171 e. The molecule has 0 aromatic heterocycles. The van der Waals surface area contributed by atoms with Crippen LogP contribution in [-0.4, -0.2) is 32.3 Å². The summed E-state index contributed by atoms with van der Waals surface area (Å²) in [5.74, 6) is 0. The van der Waals surface area contributed by atoms with E-state index < -0.39 is 32.3 Å². The molecular weight excluding hydrogens is 461 g/mol. The highest BCUT2D eigenvalue weighted by molar-refractivity contribution is 7.15. The van der Waals surface area contributed by atoms with Crippen LogP contribution in [0.25, 0.3) is 0 Å². The fourth-order valence-corrected chi connectivity index (χ4v) is 11.8. The van der Waals surface area contributed by atoms with Crippen LogP contribution in [0.3, 0.4) is 0 Å². The molecule has 3 aromatic rings. The molecule has 0 heterocycles. The second-order valence-electron chi connectivity index (χ2n) is 12.5. The molecule has 0 aliphatic carbocycles. The van der Waals surface area contributed by atoms with E-state index >= 15 is 0 Å². The number of benzene rings is 3. The van der Waals surface area contributed by atoms with Crippen LogP contribution in [0.4, 0.5) is 0 Å². The number of hydrogen-bond donors (Lipinski definition) is 0. The Bertz CT molecular complexity index is 950. The van der Waals surface area contributed by atoms with Crippen molar-refractivity contribution in [3.8, 4) is 0 Å². The third kappa shape index (κ3) is 5.34. The van der Waals surface area contributed by atoms with Crippen LogP contribution in [0, 0.1) is 0 Å². The Morgan fingerprint density at radius 2 is 0.576 bits per heavy atom. The Morgan fingerprint density at radius 3 is 0.727 bits per heavy atom. The Morgan fingerprint density at radius 1 is 0.394 bits per heavy atom. The van der Waals surface area contributed by atoms with Gasteiger partial charge in [0.25, 0.3) is 0 Å².